The van der Waals surface area contributed by atoms with Crippen molar-refractivity contribution in [3.63, 3.8) is 0 Å². The normalized spacial score (nSPS) is 26.6. The van der Waals surface area contributed by atoms with Crippen LogP contribution in [0.3, 0.4) is 0 Å². The maximum atomic E-state index is 12.9. The van der Waals surface area contributed by atoms with Crippen LogP contribution in [0.5, 0.6) is 5.75 Å². The van der Waals surface area contributed by atoms with Gasteiger partial charge in [0.1, 0.15) is 5.75 Å². The first-order chi connectivity index (χ1) is 10.7. The number of nitrogens with zero attached hydrogens (tertiary/aromatic N) is 1. The summed E-state index contributed by atoms with van der Waals surface area (Å²) < 4.78 is 10.8. The summed E-state index contributed by atoms with van der Waals surface area (Å²) in [6.45, 7) is 2.60. The third kappa shape index (κ3) is 2.21. The van der Waals surface area contributed by atoms with Gasteiger partial charge in [0.15, 0.2) is 0 Å². The lowest BCUT2D eigenvalue weighted by atomic mass is 9.64. The molecule has 4 heteroatoms. The summed E-state index contributed by atoms with van der Waals surface area (Å²) >= 11 is 0. The molecule has 4 nitrogen and oxygen atoms in total. The zero-order valence-corrected chi connectivity index (χ0v) is 13.1. The van der Waals surface area contributed by atoms with Gasteiger partial charge in [0.2, 0.25) is 0 Å². The van der Waals surface area contributed by atoms with Gasteiger partial charge in [-0.2, -0.15) is 0 Å². The van der Waals surface area contributed by atoms with Crippen molar-refractivity contribution < 1.29 is 14.3 Å². The second-order valence-electron chi connectivity index (χ2n) is 6.92. The Hall–Kier alpha value is -1.55. The van der Waals surface area contributed by atoms with Crippen molar-refractivity contribution in [2.24, 2.45) is 11.3 Å². The first kappa shape index (κ1) is 14.1. The molecule has 4 rings (SSSR count). The number of hydrogen-bond acceptors (Lipinski definition) is 3. The lowest BCUT2D eigenvalue weighted by Gasteiger charge is -2.59. The Labute approximate surface area is 131 Å². The van der Waals surface area contributed by atoms with Gasteiger partial charge < -0.3 is 14.4 Å². The molecule has 0 aromatic heterocycles. The molecule has 1 aliphatic carbocycles. The van der Waals surface area contributed by atoms with Gasteiger partial charge in [-0.05, 0) is 49.8 Å². The quantitative estimate of drug-likeness (QED) is 0.861. The maximum Gasteiger partial charge on any atom is 0.254 e. The van der Waals surface area contributed by atoms with Crippen LogP contribution in [0.2, 0.25) is 0 Å². The van der Waals surface area contributed by atoms with Gasteiger partial charge in [-0.1, -0.05) is 6.07 Å². The second kappa shape index (κ2) is 5.27. The van der Waals surface area contributed by atoms with Gasteiger partial charge in [0.25, 0.3) is 5.91 Å². The van der Waals surface area contributed by atoms with Crippen LogP contribution in [-0.4, -0.2) is 43.7 Å². The molecule has 1 spiro atoms. The average Bonchev–Trinajstić information content (AvgIpc) is 3.37. The summed E-state index contributed by atoms with van der Waals surface area (Å²) in [5.74, 6) is 1.62. The number of amides is 1. The van der Waals surface area contributed by atoms with Gasteiger partial charge in [-0.25, -0.2) is 0 Å². The van der Waals surface area contributed by atoms with Crippen molar-refractivity contribution in [1.82, 2.24) is 4.90 Å². The van der Waals surface area contributed by atoms with E-state index >= 15 is 0 Å². The van der Waals surface area contributed by atoms with Gasteiger partial charge in [0.05, 0.1) is 7.11 Å². The smallest absolute Gasteiger partial charge is 0.254 e. The van der Waals surface area contributed by atoms with E-state index in [0.717, 1.165) is 43.9 Å². The zero-order valence-electron chi connectivity index (χ0n) is 13.1. The third-order valence-corrected chi connectivity index (χ3v) is 5.58. The monoisotopic (exact) mass is 301 g/mol. The lowest BCUT2D eigenvalue weighted by molar-refractivity contribution is -0.120. The van der Waals surface area contributed by atoms with Crippen molar-refractivity contribution in [2.45, 2.75) is 31.7 Å². The minimum atomic E-state index is 0.160. The molecular formula is C18H23NO3. The molecule has 0 bridgehead atoms. The molecule has 0 N–H and O–H groups in total. The van der Waals surface area contributed by atoms with Gasteiger partial charge in [0, 0.05) is 36.8 Å². The van der Waals surface area contributed by atoms with Crippen molar-refractivity contribution >= 4 is 5.91 Å². The number of carbonyl (C=O) groups is 1. The van der Waals surface area contributed by atoms with E-state index in [1.54, 1.807) is 7.11 Å². The number of likely N-dealkylation sites (tertiary alicyclic amines) is 1. The first-order valence-corrected chi connectivity index (χ1v) is 8.26. The molecule has 1 saturated carbocycles. The molecule has 1 atom stereocenters. The largest absolute Gasteiger partial charge is 0.497 e. The summed E-state index contributed by atoms with van der Waals surface area (Å²) in [7, 11) is 1.64. The van der Waals surface area contributed by atoms with Crippen LogP contribution in [0.1, 0.15) is 36.0 Å². The van der Waals surface area contributed by atoms with E-state index in [0.29, 0.717) is 17.4 Å². The Bertz CT molecular complexity index is 575. The van der Waals surface area contributed by atoms with Crippen molar-refractivity contribution in [3.05, 3.63) is 29.8 Å². The van der Waals surface area contributed by atoms with Crippen LogP contribution in [0.4, 0.5) is 0 Å². The summed E-state index contributed by atoms with van der Waals surface area (Å²) in [5, 5.41) is 0. The molecule has 22 heavy (non-hydrogen) atoms. The summed E-state index contributed by atoms with van der Waals surface area (Å²) in [6.07, 6.45) is 4.76. The second-order valence-corrected chi connectivity index (χ2v) is 6.92. The molecular weight excluding hydrogens is 278 g/mol. The van der Waals surface area contributed by atoms with Crippen LogP contribution in [0, 0.1) is 11.3 Å². The predicted molar refractivity (Wildman–Crippen MR) is 83.0 cm³/mol. The van der Waals surface area contributed by atoms with Crippen LogP contribution in [0.25, 0.3) is 0 Å². The van der Waals surface area contributed by atoms with Crippen molar-refractivity contribution in [2.75, 3.05) is 26.9 Å². The van der Waals surface area contributed by atoms with Crippen LogP contribution >= 0.6 is 0 Å². The summed E-state index contributed by atoms with van der Waals surface area (Å²) in [6, 6.07) is 7.94. The van der Waals surface area contributed by atoms with E-state index in [-0.39, 0.29) is 5.91 Å². The van der Waals surface area contributed by atoms with E-state index in [1.165, 1.54) is 12.8 Å². The molecule has 3 aliphatic rings. The summed E-state index contributed by atoms with van der Waals surface area (Å²) in [5.41, 5.74) is 1.07. The minimum absolute atomic E-state index is 0.160. The molecule has 1 unspecified atom stereocenters. The number of methoxy groups -OCH3 is 1. The van der Waals surface area contributed by atoms with Gasteiger partial charge in [-0.3, -0.25) is 4.79 Å². The SMILES string of the molecule is COc1cccc(C(=O)N2CC3(CCOCC3)C2C2CC2)c1. The standard InChI is InChI=1S/C18H23NO3/c1-21-15-4-2-3-14(11-15)17(20)19-12-18(7-9-22-10-8-18)16(19)13-5-6-13/h2-4,11,13,16H,5-10,12H2,1H3. The van der Waals surface area contributed by atoms with Crippen LogP contribution in [-0.2, 0) is 4.74 Å². The molecule has 3 fully saturated rings. The highest BCUT2D eigenvalue weighted by Gasteiger charge is 2.59. The van der Waals surface area contributed by atoms with E-state index in [4.69, 9.17) is 9.47 Å². The Kier molecular flexibility index (Phi) is 3.37. The van der Waals surface area contributed by atoms with Crippen LogP contribution in [0.15, 0.2) is 24.3 Å². The molecule has 1 amide bonds. The maximum absolute atomic E-state index is 12.9. The topological polar surface area (TPSA) is 38.8 Å². The van der Waals surface area contributed by atoms with E-state index in [2.05, 4.69) is 4.90 Å². The molecule has 2 heterocycles. The highest BCUT2D eigenvalue weighted by atomic mass is 16.5. The summed E-state index contributed by atoms with van der Waals surface area (Å²) in [4.78, 5) is 15.0. The van der Waals surface area contributed by atoms with E-state index in [9.17, 15) is 4.79 Å². The lowest BCUT2D eigenvalue weighted by Crippen LogP contribution is -2.68. The first-order valence-electron chi connectivity index (χ1n) is 8.26. The number of benzene rings is 1. The van der Waals surface area contributed by atoms with E-state index < -0.39 is 0 Å². The predicted octanol–water partition coefficient (Wildman–Crippen LogP) is 2.73. The van der Waals surface area contributed by atoms with Gasteiger partial charge >= 0.3 is 0 Å². The highest BCUT2D eigenvalue weighted by Crippen LogP contribution is 2.55. The molecule has 2 aliphatic heterocycles. The van der Waals surface area contributed by atoms with Gasteiger partial charge in [-0.15, -0.1) is 0 Å². The fraction of sp³-hybridized carbons (Fsp3) is 0.611. The Morgan fingerprint density at radius 2 is 2.09 bits per heavy atom. The average molecular weight is 301 g/mol. The fourth-order valence-electron chi connectivity index (χ4n) is 4.27. The molecule has 0 radical (unpaired) electrons. The Balaban J connectivity index is 1.56. The minimum Gasteiger partial charge on any atom is -0.497 e. The van der Waals surface area contributed by atoms with Crippen molar-refractivity contribution in [1.29, 1.82) is 0 Å². The molecule has 1 aromatic rings. The van der Waals surface area contributed by atoms with Crippen molar-refractivity contribution in [3.8, 4) is 5.75 Å². The molecule has 118 valence electrons. The third-order valence-electron chi connectivity index (χ3n) is 5.58. The fourth-order valence-corrected chi connectivity index (χ4v) is 4.27. The number of rotatable bonds is 3. The van der Waals surface area contributed by atoms with Crippen LogP contribution < -0.4 is 4.74 Å². The number of carbonyl (C=O) groups excluding carboxylic acids is 1. The Morgan fingerprint density at radius 1 is 1.32 bits per heavy atom. The highest BCUT2D eigenvalue weighted by molar-refractivity contribution is 5.95. The van der Waals surface area contributed by atoms with E-state index in [1.807, 2.05) is 24.3 Å². The zero-order chi connectivity index (χ0) is 15.2. The number of ether oxygens (including phenoxy) is 2. The molecule has 1 aromatic carbocycles. The number of hydrogen-bond donors (Lipinski definition) is 0. The molecule has 2 saturated heterocycles. The Morgan fingerprint density at radius 3 is 2.77 bits per heavy atom.